The van der Waals surface area contributed by atoms with E-state index in [0.717, 1.165) is 18.2 Å². The number of hydrogen-bond donors (Lipinski definition) is 1. The monoisotopic (exact) mass is 202 g/mol. The molecule has 0 radical (unpaired) electrons. The molecular weight excluding hydrogens is 195 g/mol. The third-order valence-corrected chi connectivity index (χ3v) is 2.41. The first-order chi connectivity index (χ1) is 5.96. The second kappa shape index (κ2) is 3.27. The summed E-state index contributed by atoms with van der Waals surface area (Å²) in [5.74, 6) is -0.731. The van der Waals surface area contributed by atoms with Crippen LogP contribution in [0.4, 0.5) is 4.39 Å². The zero-order chi connectivity index (χ0) is 10.1. The fraction of sp³-hybridized carbons (Fsp3) is 0. The highest BCUT2D eigenvalue weighted by Crippen LogP contribution is 2.19. The van der Waals surface area contributed by atoms with E-state index >= 15 is 0 Å². The van der Waals surface area contributed by atoms with Crippen molar-refractivity contribution in [1.29, 1.82) is 0 Å². The molecule has 13 heavy (non-hydrogen) atoms. The fourth-order valence-electron chi connectivity index (χ4n) is 0.940. The number of hydrogen-bond acceptors (Lipinski definition) is 2. The molecule has 0 aliphatic rings. The number of benzene rings is 1. The fourth-order valence-corrected chi connectivity index (χ4v) is 1.65. The first-order valence-electron chi connectivity index (χ1n) is 3.35. The molecule has 1 N–H and O–H groups in total. The first-order valence-corrected chi connectivity index (χ1v) is 4.79. The Morgan fingerprint density at radius 2 is 2.08 bits per heavy atom. The summed E-state index contributed by atoms with van der Waals surface area (Å²) in [6.45, 7) is 3.25. The molecule has 1 aromatic rings. The van der Waals surface area contributed by atoms with Gasteiger partial charge in [0.1, 0.15) is 10.7 Å². The Labute approximate surface area is 75.3 Å². The highest BCUT2D eigenvalue weighted by Gasteiger charge is 2.15. The minimum Gasteiger partial charge on any atom is -0.282 e. The van der Waals surface area contributed by atoms with Gasteiger partial charge >= 0.3 is 0 Å². The van der Waals surface area contributed by atoms with Crippen molar-refractivity contribution in [2.45, 2.75) is 4.90 Å². The highest BCUT2D eigenvalue weighted by atomic mass is 32.2. The maximum absolute atomic E-state index is 12.9. The van der Waals surface area contributed by atoms with E-state index < -0.39 is 20.8 Å². The molecule has 5 heteroatoms. The predicted molar refractivity (Wildman–Crippen MR) is 46.3 cm³/mol. The van der Waals surface area contributed by atoms with E-state index in [1.807, 2.05) is 0 Å². The quantitative estimate of drug-likeness (QED) is 0.743. The van der Waals surface area contributed by atoms with Gasteiger partial charge in [0.05, 0.1) is 0 Å². The summed E-state index contributed by atoms with van der Waals surface area (Å²) < 4.78 is 43.0. The van der Waals surface area contributed by atoms with Gasteiger partial charge in [-0.15, -0.1) is 0 Å². The molecule has 0 unspecified atom stereocenters. The molecule has 1 rings (SSSR count). The van der Waals surface area contributed by atoms with Crippen LogP contribution in [-0.4, -0.2) is 13.0 Å². The Morgan fingerprint density at radius 1 is 1.46 bits per heavy atom. The van der Waals surface area contributed by atoms with E-state index in [1.54, 1.807) is 0 Å². The minimum absolute atomic E-state index is 0.218. The van der Waals surface area contributed by atoms with Gasteiger partial charge in [0.25, 0.3) is 10.1 Å². The topological polar surface area (TPSA) is 54.4 Å². The second-order valence-electron chi connectivity index (χ2n) is 2.33. The van der Waals surface area contributed by atoms with Gasteiger partial charge in [-0.25, -0.2) is 4.39 Å². The Hall–Kier alpha value is -1.20. The zero-order valence-electron chi connectivity index (χ0n) is 6.57. The Balaban J connectivity index is 3.56. The van der Waals surface area contributed by atoms with Gasteiger partial charge in [-0.3, -0.25) is 4.55 Å². The molecule has 0 spiro atoms. The van der Waals surface area contributed by atoms with Crippen LogP contribution in [0.25, 0.3) is 6.08 Å². The SMILES string of the molecule is C=Cc1c(F)cccc1S(=O)(=O)O. The van der Waals surface area contributed by atoms with Crippen molar-refractivity contribution in [1.82, 2.24) is 0 Å². The van der Waals surface area contributed by atoms with Crippen LogP contribution in [0, 0.1) is 5.82 Å². The van der Waals surface area contributed by atoms with Crippen LogP contribution in [-0.2, 0) is 10.1 Å². The molecule has 1 aromatic carbocycles. The normalized spacial score (nSPS) is 11.2. The van der Waals surface area contributed by atoms with E-state index in [4.69, 9.17) is 4.55 Å². The van der Waals surface area contributed by atoms with Crippen molar-refractivity contribution >= 4 is 16.2 Å². The van der Waals surface area contributed by atoms with Gasteiger partial charge in [0.15, 0.2) is 0 Å². The summed E-state index contributed by atoms with van der Waals surface area (Å²) in [7, 11) is -4.38. The average Bonchev–Trinajstić information content (AvgIpc) is 2.02. The minimum atomic E-state index is -4.38. The van der Waals surface area contributed by atoms with Gasteiger partial charge in [0, 0.05) is 5.56 Å². The summed E-state index contributed by atoms with van der Waals surface area (Å²) in [6, 6.07) is 3.40. The molecule has 0 atom stereocenters. The van der Waals surface area contributed by atoms with Gasteiger partial charge in [-0.05, 0) is 12.1 Å². The molecular formula is C8H7FO3S. The second-order valence-corrected chi connectivity index (χ2v) is 3.72. The molecule has 0 bridgehead atoms. The van der Waals surface area contributed by atoms with E-state index in [0.29, 0.717) is 0 Å². The lowest BCUT2D eigenvalue weighted by Crippen LogP contribution is -2.02. The van der Waals surface area contributed by atoms with Crippen LogP contribution < -0.4 is 0 Å². The lowest BCUT2D eigenvalue weighted by Gasteiger charge is -2.02. The van der Waals surface area contributed by atoms with Crippen LogP contribution in [0.3, 0.4) is 0 Å². The van der Waals surface area contributed by atoms with E-state index in [1.165, 1.54) is 6.07 Å². The summed E-state index contributed by atoms with van der Waals surface area (Å²) in [6.07, 6.45) is 1.04. The average molecular weight is 202 g/mol. The van der Waals surface area contributed by atoms with Crippen molar-refractivity contribution in [3.8, 4) is 0 Å². The Morgan fingerprint density at radius 3 is 2.46 bits per heavy atom. The maximum Gasteiger partial charge on any atom is 0.295 e. The van der Waals surface area contributed by atoms with Crippen molar-refractivity contribution in [2.75, 3.05) is 0 Å². The molecule has 0 saturated carbocycles. The third-order valence-electron chi connectivity index (χ3n) is 1.49. The molecule has 0 aliphatic carbocycles. The smallest absolute Gasteiger partial charge is 0.282 e. The van der Waals surface area contributed by atoms with Crippen molar-refractivity contribution in [3.05, 3.63) is 36.2 Å². The first kappa shape index (κ1) is 9.88. The molecule has 0 saturated heterocycles. The number of halogens is 1. The van der Waals surface area contributed by atoms with E-state index in [-0.39, 0.29) is 5.56 Å². The van der Waals surface area contributed by atoms with Gasteiger partial charge in [-0.2, -0.15) is 8.42 Å². The van der Waals surface area contributed by atoms with Crippen LogP contribution in [0.15, 0.2) is 29.7 Å². The summed E-state index contributed by atoms with van der Waals surface area (Å²) in [4.78, 5) is -0.470. The number of rotatable bonds is 2. The molecule has 70 valence electrons. The standard InChI is InChI=1S/C8H7FO3S/c1-2-6-7(9)4-3-5-8(6)13(10,11)12/h2-5H,1H2,(H,10,11,12). The summed E-state index contributed by atoms with van der Waals surface area (Å²) in [5.41, 5.74) is -0.218. The van der Waals surface area contributed by atoms with E-state index in [2.05, 4.69) is 6.58 Å². The highest BCUT2D eigenvalue weighted by molar-refractivity contribution is 7.85. The molecule has 0 fully saturated rings. The van der Waals surface area contributed by atoms with Crippen LogP contribution >= 0.6 is 0 Å². The van der Waals surface area contributed by atoms with Gasteiger partial charge < -0.3 is 0 Å². The Kier molecular flexibility index (Phi) is 2.49. The lowest BCUT2D eigenvalue weighted by molar-refractivity contribution is 0.481. The largest absolute Gasteiger partial charge is 0.295 e. The summed E-state index contributed by atoms with van der Waals surface area (Å²) >= 11 is 0. The third kappa shape index (κ3) is 1.93. The predicted octanol–water partition coefficient (Wildman–Crippen LogP) is 1.72. The molecule has 3 nitrogen and oxygen atoms in total. The van der Waals surface area contributed by atoms with Gasteiger partial charge in [0.2, 0.25) is 0 Å². The zero-order valence-corrected chi connectivity index (χ0v) is 7.38. The van der Waals surface area contributed by atoms with Crippen LogP contribution in [0.1, 0.15) is 5.56 Å². The van der Waals surface area contributed by atoms with Gasteiger partial charge in [-0.1, -0.05) is 18.7 Å². The van der Waals surface area contributed by atoms with Crippen molar-refractivity contribution < 1.29 is 17.4 Å². The molecule has 0 aliphatic heterocycles. The van der Waals surface area contributed by atoms with Crippen molar-refractivity contribution in [3.63, 3.8) is 0 Å². The summed E-state index contributed by atoms with van der Waals surface area (Å²) in [5, 5.41) is 0. The van der Waals surface area contributed by atoms with Crippen LogP contribution in [0.5, 0.6) is 0 Å². The lowest BCUT2D eigenvalue weighted by atomic mass is 10.2. The Bertz CT molecular complexity index is 437. The van der Waals surface area contributed by atoms with E-state index in [9.17, 15) is 12.8 Å². The molecule has 0 amide bonds. The van der Waals surface area contributed by atoms with Crippen LogP contribution in [0.2, 0.25) is 0 Å². The molecule has 0 heterocycles. The molecule has 0 aromatic heterocycles. The maximum atomic E-state index is 12.9. The van der Waals surface area contributed by atoms with Crippen molar-refractivity contribution in [2.24, 2.45) is 0 Å².